The topological polar surface area (TPSA) is 82.0 Å². The molecular weight excluding hydrogens is 412 g/mol. The highest BCUT2D eigenvalue weighted by molar-refractivity contribution is 5.85. The summed E-state index contributed by atoms with van der Waals surface area (Å²) in [7, 11) is 0. The summed E-state index contributed by atoms with van der Waals surface area (Å²) in [5.41, 5.74) is 4.82. The Morgan fingerprint density at radius 1 is 1.09 bits per heavy atom. The molecule has 1 saturated heterocycles. The summed E-state index contributed by atoms with van der Waals surface area (Å²) < 4.78 is 1.94. The quantitative estimate of drug-likeness (QED) is 0.370. The fourth-order valence-corrected chi connectivity index (χ4v) is 5.00. The number of nitrogens with one attached hydrogen (secondary N) is 2. The lowest BCUT2D eigenvalue weighted by Crippen LogP contribution is -2.52. The van der Waals surface area contributed by atoms with E-state index in [-0.39, 0.29) is 12.5 Å². The molecule has 0 radical (unpaired) electrons. The number of H-pyrrole nitrogens is 1. The molecule has 4 aromatic rings. The summed E-state index contributed by atoms with van der Waals surface area (Å²) >= 11 is 0. The smallest absolute Gasteiger partial charge is 0.123 e. The number of fused-ring (bicyclic) bond motifs is 1. The van der Waals surface area contributed by atoms with Crippen LogP contribution in [0.4, 0.5) is 0 Å². The average Bonchev–Trinajstić information content (AvgIpc) is 3.54. The van der Waals surface area contributed by atoms with Crippen LogP contribution in [-0.4, -0.2) is 68.6 Å². The van der Waals surface area contributed by atoms with Gasteiger partial charge in [0.1, 0.15) is 12.7 Å². The van der Waals surface area contributed by atoms with Crippen molar-refractivity contribution in [1.82, 2.24) is 30.0 Å². The van der Waals surface area contributed by atoms with Crippen LogP contribution in [0.25, 0.3) is 16.6 Å². The van der Waals surface area contributed by atoms with Gasteiger partial charge in [0.25, 0.3) is 0 Å². The van der Waals surface area contributed by atoms with Crippen LogP contribution in [0.15, 0.2) is 67.4 Å². The minimum absolute atomic E-state index is 0.163. The van der Waals surface area contributed by atoms with Crippen LogP contribution in [0.2, 0.25) is 0 Å². The van der Waals surface area contributed by atoms with Crippen molar-refractivity contribution in [2.45, 2.75) is 31.2 Å². The third-order valence-corrected chi connectivity index (χ3v) is 6.87. The van der Waals surface area contributed by atoms with Gasteiger partial charge in [-0.15, -0.1) is 10.2 Å². The molecule has 3 heterocycles. The highest BCUT2D eigenvalue weighted by atomic mass is 16.3. The number of aromatic nitrogens is 4. The Balaban J connectivity index is 1.23. The number of aliphatic hydroxyl groups is 1. The van der Waals surface area contributed by atoms with E-state index < -0.39 is 0 Å². The number of hydrogen-bond donors (Lipinski definition) is 3. The summed E-state index contributed by atoms with van der Waals surface area (Å²) in [6, 6.07) is 17.3. The van der Waals surface area contributed by atoms with Crippen molar-refractivity contribution < 1.29 is 5.11 Å². The third-order valence-electron chi connectivity index (χ3n) is 6.87. The van der Waals surface area contributed by atoms with Gasteiger partial charge in [0, 0.05) is 60.9 Å². The lowest BCUT2D eigenvalue weighted by atomic mass is 9.96. The van der Waals surface area contributed by atoms with E-state index in [0.717, 1.165) is 56.6 Å². The maximum Gasteiger partial charge on any atom is 0.123 e. The molecule has 33 heavy (non-hydrogen) atoms. The van der Waals surface area contributed by atoms with Gasteiger partial charge in [-0.2, -0.15) is 0 Å². The Bertz CT molecular complexity index is 1140. The number of aliphatic hydroxyl groups excluding tert-OH is 1. The van der Waals surface area contributed by atoms with Crippen LogP contribution < -0.4 is 5.32 Å². The first-order chi connectivity index (χ1) is 16.3. The zero-order valence-electron chi connectivity index (χ0n) is 18.9. The van der Waals surface area contributed by atoms with E-state index in [2.05, 4.69) is 74.1 Å². The van der Waals surface area contributed by atoms with E-state index in [1.165, 1.54) is 16.5 Å². The zero-order valence-corrected chi connectivity index (χ0v) is 18.9. The Morgan fingerprint density at radius 3 is 2.76 bits per heavy atom. The van der Waals surface area contributed by atoms with Gasteiger partial charge in [-0.05, 0) is 48.6 Å². The predicted molar refractivity (Wildman–Crippen MR) is 131 cm³/mol. The molecule has 7 heteroatoms. The van der Waals surface area contributed by atoms with Gasteiger partial charge in [-0.1, -0.05) is 30.3 Å². The molecule has 5 rings (SSSR count). The molecule has 172 valence electrons. The van der Waals surface area contributed by atoms with Gasteiger partial charge in [-0.3, -0.25) is 9.47 Å². The molecule has 0 bridgehead atoms. The molecule has 0 spiro atoms. The van der Waals surface area contributed by atoms with Crippen molar-refractivity contribution in [3.05, 3.63) is 78.5 Å². The molecule has 2 unspecified atom stereocenters. The molecule has 1 aliphatic rings. The van der Waals surface area contributed by atoms with Crippen LogP contribution in [0.1, 0.15) is 29.9 Å². The van der Waals surface area contributed by atoms with Gasteiger partial charge < -0.3 is 15.4 Å². The van der Waals surface area contributed by atoms with E-state index in [0.29, 0.717) is 6.04 Å². The number of piperazine rings is 1. The molecule has 0 aliphatic carbocycles. The molecule has 0 amide bonds. The van der Waals surface area contributed by atoms with E-state index in [1.807, 2.05) is 10.6 Å². The summed E-state index contributed by atoms with van der Waals surface area (Å²) in [6.07, 6.45) is 8.91. The summed E-state index contributed by atoms with van der Waals surface area (Å²) in [6.45, 7) is 4.15. The number of nitrogens with zero attached hydrogens (tertiary/aromatic N) is 4. The highest BCUT2D eigenvalue weighted by Crippen LogP contribution is 2.25. The SMILES string of the molecule is OCC(CN1CCNCC1CCCc1c[nH]c2ccc(-n3cnnc3)cc12)c1ccccc1. The Labute approximate surface area is 194 Å². The first-order valence-electron chi connectivity index (χ1n) is 11.9. The van der Waals surface area contributed by atoms with Gasteiger partial charge in [0.15, 0.2) is 0 Å². The summed E-state index contributed by atoms with van der Waals surface area (Å²) in [5, 5.41) is 22.7. The van der Waals surface area contributed by atoms with Crippen molar-refractivity contribution in [3.63, 3.8) is 0 Å². The second-order valence-corrected chi connectivity index (χ2v) is 8.95. The van der Waals surface area contributed by atoms with Crippen LogP contribution in [0.3, 0.4) is 0 Å². The van der Waals surface area contributed by atoms with E-state index >= 15 is 0 Å². The van der Waals surface area contributed by atoms with Gasteiger partial charge >= 0.3 is 0 Å². The minimum atomic E-state index is 0.163. The monoisotopic (exact) mass is 444 g/mol. The number of aromatic amines is 1. The summed E-state index contributed by atoms with van der Waals surface area (Å²) in [5.74, 6) is 0.163. The Hall–Kier alpha value is -3.00. The minimum Gasteiger partial charge on any atom is -0.396 e. The molecule has 0 saturated carbocycles. The molecule has 2 aromatic carbocycles. The van der Waals surface area contributed by atoms with E-state index in [4.69, 9.17) is 0 Å². The van der Waals surface area contributed by atoms with Gasteiger partial charge in [-0.25, -0.2) is 0 Å². The Morgan fingerprint density at radius 2 is 1.94 bits per heavy atom. The van der Waals surface area contributed by atoms with E-state index in [1.54, 1.807) is 12.7 Å². The molecule has 1 aliphatic heterocycles. The van der Waals surface area contributed by atoms with Crippen molar-refractivity contribution in [2.24, 2.45) is 0 Å². The second kappa shape index (κ2) is 10.3. The molecule has 1 fully saturated rings. The predicted octanol–water partition coefficient (Wildman–Crippen LogP) is 3.12. The number of benzene rings is 2. The lowest BCUT2D eigenvalue weighted by molar-refractivity contribution is 0.125. The fourth-order valence-electron chi connectivity index (χ4n) is 5.00. The molecular formula is C26H32N6O. The van der Waals surface area contributed by atoms with Gasteiger partial charge in [0.05, 0.1) is 6.61 Å². The van der Waals surface area contributed by atoms with Crippen LogP contribution in [-0.2, 0) is 6.42 Å². The molecule has 2 aromatic heterocycles. The first kappa shape index (κ1) is 21.8. The van der Waals surface area contributed by atoms with Crippen LogP contribution in [0.5, 0.6) is 0 Å². The van der Waals surface area contributed by atoms with Crippen molar-refractivity contribution in [1.29, 1.82) is 0 Å². The van der Waals surface area contributed by atoms with Crippen LogP contribution in [0, 0.1) is 0 Å². The molecule has 2 atom stereocenters. The maximum atomic E-state index is 10.0. The van der Waals surface area contributed by atoms with Gasteiger partial charge in [0.2, 0.25) is 0 Å². The second-order valence-electron chi connectivity index (χ2n) is 8.95. The maximum absolute atomic E-state index is 10.0. The average molecular weight is 445 g/mol. The number of hydrogen-bond acceptors (Lipinski definition) is 5. The van der Waals surface area contributed by atoms with Crippen molar-refractivity contribution >= 4 is 10.9 Å². The fraction of sp³-hybridized carbons (Fsp3) is 0.385. The molecule has 3 N–H and O–H groups in total. The standard InChI is InChI=1S/C26H32N6O/c33-17-22(20-5-2-1-3-6-20)16-31-12-11-27-15-24(31)8-4-7-21-14-28-26-10-9-23(13-25(21)26)32-18-29-30-19-32/h1-3,5-6,9-10,13-14,18-19,22,24,27-28,33H,4,7-8,11-12,15-17H2. The zero-order chi connectivity index (χ0) is 22.5. The highest BCUT2D eigenvalue weighted by Gasteiger charge is 2.25. The molecule has 7 nitrogen and oxygen atoms in total. The lowest BCUT2D eigenvalue weighted by Gasteiger charge is -2.38. The number of rotatable bonds is 9. The first-order valence-corrected chi connectivity index (χ1v) is 11.9. The summed E-state index contributed by atoms with van der Waals surface area (Å²) in [4.78, 5) is 5.99. The van der Waals surface area contributed by atoms with Crippen LogP contribution >= 0.6 is 0 Å². The largest absolute Gasteiger partial charge is 0.396 e. The Kier molecular flexibility index (Phi) is 6.81. The van der Waals surface area contributed by atoms with E-state index in [9.17, 15) is 5.11 Å². The third kappa shape index (κ3) is 5.00. The van der Waals surface area contributed by atoms with Crippen molar-refractivity contribution in [2.75, 3.05) is 32.8 Å². The van der Waals surface area contributed by atoms with Crippen molar-refractivity contribution in [3.8, 4) is 5.69 Å². The normalized spacial score (nSPS) is 18.0. The number of aryl methyl sites for hydroxylation is 1.